The summed E-state index contributed by atoms with van der Waals surface area (Å²) in [5.41, 5.74) is 4.47. The van der Waals surface area contributed by atoms with Crippen LogP contribution >= 0.6 is 0 Å². The van der Waals surface area contributed by atoms with E-state index >= 15 is 0 Å². The molecule has 3 heterocycles. The topological polar surface area (TPSA) is 70.2 Å². The zero-order chi connectivity index (χ0) is 22.2. The predicted molar refractivity (Wildman–Crippen MR) is 124 cm³/mol. The lowest BCUT2D eigenvalue weighted by Gasteiger charge is -2.41. The fraction of sp³-hybridized carbons (Fsp3) is 0.500. The van der Waals surface area contributed by atoms with Gasteiger partial charge in [-0.15, -0.1) is 5.10 Å². The van der Waals surface area contributed by atoms with Crippen molar-refractivity contribution in [1.29, 1.82) is 0 Å². The highest BCUT2D eigenvalue weighted by Crippen LogP contribution is 2.33. The van der Waals surface area contributed by atoms with Gasteiger partial charge < -0.3 is 10.2 Å². The lowest BCUT2D eigenvalue weighted by molar-refractivity contribution is 0.101. The molecule has 1 saturated heterocycles. The van der Waals surface area contributed by atoms with E-state index < -0.39 is 0 Å². The Hall–Kier alpha value is -2.87. The number of hydrogen-bond acceptors (Lipinski definition) is 6. The van der Waals surface area contributed by atoms with E-state index in [1.807, 2.05) is 36.7 Å². The summed E-state index contributed by atoms with van der Waals surface area (Å²) < 4.78 is 16.5. The number of likely N-dealkylation sites (tertiary alicyclic amines) is 1. The molecule has 5 rings (SSSR count). The second-order valence-corrected chi connectivity index (χ2v) is 9.01. The first-order chi connectivity index (χ1) is 15.5. The molecule has 8 heteroatoms. The molecule has 1 aliphatic heterocycles. The number of halogens is 1. The Labute approximate surface area is 187 Å². The van der Waals surface area contributed by atoms with Gasteiger partial charge in [0.15, 0.2) is 5.82 Å². The van der Waals surface area contributed by atoms with Crippen molar-refractivity contribution in [2.45, 2.75) is 58.0 Å². The van der Waals surface area contributed by atoms with E-state index in [9.17, 15) is 4.39 Å². The van der Waals surface area contributed by atoms with Gasteiger partial charge in [0.25, 0.3) is 0 Å². The number of nitrogens with one attached hydrogen (secondary N) is 1. The molecular weight excluding hydrogens is 405 g/mol. The van der Waals surface area contributed by atoms with Gasteiger partial charge in [-0.3, -0.25) is 0 Å². The number of piperidine rings is 1. The maximum atomic E-state index is 14.6. The zero-order valence-electron chi connectivity index (χ0n) is 19.0. The van der Waals surface area contributed by atoms with Crippen LogP contribution in [0, 0.1) is 19.7 Å². The molecule has 168 valence electrons. The van der Waals surface area contributed by atoms with Crippen LogP contribution in [-0.2, 0) is 0 Å². The van der Waals surface area contributed by atoms with Crippen molar-refractivity contribution >= 4 is 17.2 Å². The molecule has 0 radical (unpaired) electrons. The molecule has 1 saturated carbocycles. The fourth-order valence-corrected chi connectivity index (χ4v) is 4.96. The Morgan fingerprint density at radius 2 is 1.91 bits per heavy atom. The van der Waals surface area contributed by atoms with Gasteiger partial charge in [-0.05, 0) is 68.9 Å². The molecule has 0 unspecified atom stereocenters. The van der Waals surface area contributed by atoms with Crippen molar-refractivity contribution in [3.63, 3.8) is 0 Å². The van der Waals surface area contributed by atoms with Gasteiger partial charge >= 0.3 is 0 Å². The average Bonchev–Trinajstić information content (AvgIpc) is 3.15. The fourth-order valence-electron chi connectivity index (χ4n) is 4.96. The predicted octanol–water partition coefficient (Wildman–Crippen LogP) is 5.29. The number of nitrogens with zero attached hydrogens (tertiary/aromatic N) is 6. The third-order valence-electron chi connectivity index (χ3n) is 6.90. The second kappa shape index (κ2) is 8.58. The zero-order valence-corrected chi connectivity index (χ0v) is 19.0. The Morgan fingerprint density at radius 1 is 1.12 bits per heavy atom. The van der Waals surface area contributed by atoms with Gasteiger partial charge in [0.05, 0.1) is 11.2 Å². The van der Waals surface area contributed by atoms with Crippen molar-refractivity contribution in [3.05, 3.63) is 41.5 Å². The lowest BCUT2D eigenvalue weighted by atomic mass is 9.89. The molecule has 32 heavy (non-hydrogen) atoms. The summed E-state index contributed by atoms with van der Waals surface area (Å²) in [5.74, 6) is 0.273. The van der Waals surface area contributed by atoms with E-state index in [0.29, 0.717) is 12.0 Å². The highest BCUT2D eigenvalue weighted by atomic mass is 19.1. The highest BCUT2D eigenvalue weighted by molar-refractivity contribution is 5.83. The van der Waals surface area contributed by atoms with Crippen molar-refractivity contribution in [1.82, 2.24) is 19.5 Å². The van der Waals surface area contributed by atoms with Gasteiger partial charge in [0.1, 0.15) is 5.69 Å². The number of hydrogen-bond donors (Lipinski definition) is 1. The maximum Gasteiger partial charge on any atom is 0.241 e. The van der Waals surface area contributed by atoms with Crippen LogP contribution in [0.3, 0.4) is 0 Å². The number of aromatic nitrogens is 3. The largest absolute Gasteiger partial charge is 0.350 e. The van der Waals surface area contributed by atoms with Crippen molar-refractivity contribution in [2.24, 2.45) is 10.2 Å². The number of fused-ring (bicyclic) bond motifs is 1. The van der Waals surface area contributed by atoms with E-state index in [4.69, 9.17) is 10.1 Å². The van der Waals surface area contributed by atoms with Gasteiger partial charge in [0.2, 0.25) is 5.95 Å². The summed E-state index contributed by atoms with van der Waals surface area (Å²) in [6.07, 6.45) is 8.26. The molecule has 2 aromatic heterocycles. The average molecular weight is 436 g/mol. The Balaban J connectivity index is 1.37. The van der Waals surface area contributed by atoms with Gasteiger partial charge in [-0.2, -0.15) is 10.2 Å². The number of rotatable bonds is 5. The first kappa shape index (κ1) is 21.0. The van der Waals surface area contributed by atoms with Crippen LogP contribution in [0.25, 0.3) is 16.6 Å². The number of anilines is 1. The summed E-state index contributed by atoms with van der Waals surface area (Å²) in [7, 11) is 1.54. The molecule has 3 aromatic rings. The molecule has 2 fully saturated rings. The standard InChI is InChI=1S/C24H30FN7/c1-15-13-17(14-21(25)22(15)29-26-3)20-9-12-32-23(20)16(2)27-24(30-32)28-18-7-10-31(11-8-18)19-5-4-6-19/h9,12-14,18-19H,4-8,10-11H2,1-3H3,(H,28,30). The number of azo groups is 1. The van der Waals surface area contributed by atoms with Crippen LogP contribution in [0.1, 0.15) is 43.4 Å². The van der Waals surface area contributed by atoms with E-state index in [-0.39, 0.29) is 11.5 Å². The minimum Gasteiger partial charge on any atom is -0.350 e. The van der Waals surface area contributed by atoms with Crippen LogP contribution in [0.5, 0.6) is 0 Å². The van der Waals surface area contributed by atoms with Crippen molar-refractivity contribution in [3.8, 4) is 11.1 Å². The second-order valence-electron chi connectivity index (χ2n) is 9.01. The molecule has 0 spiro atoms. The molecule has 0 amide bonds. The van der Waals surface area contributed by atoms with Crippen LogP contribution in [-0.4, -0.2) is 51.7 Å². The molecule has 7 nitrogen and oxygen atoms in total. The normalized spacial score (nSPS) is 18.5. The van der Waals surface area contributed by atoms with Gasteiger partial charge in [-0.25, -0.2) is 13.9 Å². The van der Waals surface area contributed by atoms with Crippen LogP contribution in [0.15, 0.2) is 34.6 Å². The van der Waals surface area contributed by atoms with E-state index in [2.05, 4.69) is 20.4 Å². The number of aryl methyl sites for hydroxylation is 2. The molecule has 0 bridgehead atoms. The van der Waals surface area contributed by atoms with Gasteiger partial charge in [0, 0.05) is 44.0 Å². The SMILES string of the molecule is CN=Nc1c(C)cc(-c2ccn3nc(NC4CCN(C5CCC5)CC4)nc(C)c23)cc1F. The minimum absolute atomic E-state index is 0.280. The molecule has 2 aliphatic rings. The summed E-state index contributed by atoms with van der Waals surface area (Å²) >= 11 is 0. The van der Waals surface area contributed by atoms with Gasteiger partial charge in [-0.1, -0.05) is 6.42 Å². The quantitative estimate of drug-likeness (QED) is 0.553. The Kier molecular flexibility index (Phi) is 5.63. The van der Waals surface area contributed by atoms with Crippen molar-refractivity contribution < 1.29 is 4.39 Å². The molecule has 1 aliphatic carbocycles. The minimum atomic E-state index is -0.380. The Bertz CT molecular complexity index is 1130. The molecule has 1 N–H and O–H groups in total. The lowest BCUT2D eigenvalue weighted by Crippen LogP contribution is -2.47. The first-order valence-corrected chi connectivity index (χ1v) is 11.5. The van der Waals surface area contributed by atoms with Crippen LogP contribution < -0.4 is 5.32 Å². The van der Waals surface area contributed by atoms with E-state index in [1.165, 1.54) is 32.4 Å². The van der Waals surface area contributed by atoms with Crippen LogP contribution in [0.2, 0.25) is 0 Å². The molecule has 0 atom stereocenters. The Morgan fingerprint density at radius 3 is 2.56 bits per heavy atom. The summed E-state index contributed by atoms with van der Waals surface area (Å²) in [4.78, 5) is 7.39. The monoisotopic (exact) mass is 435 g/mol. The molecular formula is C24H30FN7. The summed E-state index contributed by atoms with van der Waals surface area (Å²) in [6, 6.07) is 6.62. The first-order valence-electron chi connectivity index (χ1n) is 11.5. The van der Waals surface area contributed by atoms with E-state index in [0.717, 1.165) is 59.9 Å². The van der Waals surface area contributed by atoms with Crippen molar-refractivity contribution in [2.75, 3.05) is 25.5 Å². The smallest absolute Gasteiger partial charge is 0.241 e. The molecule has 1 aromatic carbocycles. The summed E-state index contributed by atoms with van der Waals surface area (Å²) in [5, 5.41) is 15.9. The highest BCUT2D eigenvalue weighted by Gasteiger charge is 2.29. The third kappa shape index (κ3) is 3.88. The summed E-state index contributed by atoms with van der Waals surface area (Å²) in [6.45, 7) is 6.12. The number of benzene rings is 1. The maximum absolute atomic E-state index is 14.6. The van der Waals surface area contributed by atoms with E-state index in [1.54, 1.807) is 0 Å². The third-order valence-corrected chi connectivity index (χ3v) is 6.90. The van der Waals surface area contributed by atoms with Crippen LogP contribution in [0.4, 0.5) is 16.0 Å².